The fraction of sp³-hybridized carbons (Fsp3) is 0.636. The number of aromatic nitrogens is 1. The van der Waals surface area contributed by atoms with Gasteiger partial charge in [-0.2, -0.15) is 0 Å². The second kappa shape index (κ2) is 3.82. The van der Waals surface area contributed by atoms with Crippen LogP contribution in [0.2, 0.25) is 0 Å². The van der Waals surface area contributed by atoms with Crippen LogP contribution < -0.4 is 10.6 Å². The second-order valence-corrected chi connectivity index (χ2v) is 5.59. The van der Waals surface area contributed by atoms with E-state index in [-0.39, 0.29) is 11.8 Å². The molecule has 86 valence electrons. The molecule has 2 fully saturated rings. The molecule has 2 heterocycles. The SMILES string of the molecule is O=C(Nc1nccs1)C1CC12CCNCC2. The van der Waals surface area contributed by atoms with Gasteiger partial charge in [0.05, 0.1) is 0 Å². The third kappa shape index (κ3) is 1.74. The lowest BCUT2D eigenvalue weighted by Crippen LogP contribution is -2.31. The highest BCUT2D eigenvalue weighted by molar-refractivity contribution is 7.13. The van der Waals surface area contributed by atoms with Crippen LogP contribution in [0.3, 0.4) is 0 Å². The van der Waals surface area contributed by atoms with Gasteiger partial charge in [0.15, 0.2) is 5.13 Å². The van der Waals surface area contributed by atoms with E-state index in [0.717, 1.165) is 37.5 Å². The number of thiazole rings is 1. The molecule has 2 aliphatic rings. The number of nitrogens with one attached hydrogen (secondary N) is 2. The predicted molar refractivity (Wildman–Crippen MR) is 63.4 cm³/mol. The first kappa shape index (κ1) is 10.2. The third-order valence-corrected chi connectivity index (χ3v) is 4.46. The second-order valence-electron chi connectivity index (χ2n) is 4.70. The Morgan fingerprint density at radius 1 is 1.56 bits per heavy atom. The third-order valence-electron chi connectivity index (χ3n) is 3.77. The normalized spacial score (nSPS) is 26.6. The summed E-state index contributed by atoms with van der Waals surface area (Å²) in [5.41, 5.74) is 0.312. The van der Waals surface area contributed by atoms with Crippen LogP contribution in [-0.4, -0.2) is 24.0 Å². The van der Waals surface area contributed by atoms with Gasteiger partial charge in [-0.05, 0) is 37.8 Å². The molecular weight excluding hydrogens is 222 g/mol. The number of amides is 1. The van der Waals surface area contributed by atoms with Gasteiger partial charge >= 0.3 is 0 Å². The maximum atomic E-state index is 12.0. The van der Waals surface area contributed by atoms with E-state index in [1.807, 2.05) is 5.38 Å². The minimum absolute atomic E-state index is 0.164. The Morgan fingerprint density at radius 3 is 3.06 bits per heavy atom. The largest absolute Gasteiger partial charge is 0.317 e. The van der Waals surface area contributed by atoms with Crippen LogP contribution in [0.25, 0.3) is 0 Å². The molecular formula is C11H15N3OS. The van der Waals surface area contributed by atoms with Crippen molar-refractivity contribution in [3.63, 3.8) is 0 Å². The summed E-state index contributed by atoms with van der Waals surface area (Å²) in [6, 6.07) is 0. The molecule has 1 spiro atoms. The Morgan fingerprint density at radius 2 is 2.38 bits per heavy atom. The number of piperidine rings is 1. The Hall–Kier alpha value is -0.940. The average Bonchev–Trinajstić information content (AvgIpc) is 2.76. The van der Waals surface area contributed by atoms with Crippen LogP contribution in [0.5, 0.6) is 0 Å². The van der Waals surface area contributed by atoms with Crippen molar-refractivity contribution in [1.29, 1.82) is 0 Å². The summed E-state index contributed by atoms with van der Waals surface area (Å²) in [5.74, 6) is 0.385. The maximum absolute atomic E-state index is 12.0. The molecule has 16 heavy (non-hydrogen) atoms. The average molecular weight is 237 g/mol. The van der Waals surface area contributed by atoms with Crippen LogP contribution in [0.1, 0.15) is 19.3 Å². The summed E-state index contributed by atoms with van der Waals surface area (Å²) in [6.45, 7) is 2.11. The summed E-state index contributed by atoms with van der Waals surface area (Å²) in [6.07, 6.45) is 5.06. The van der Waals surface area contributed by atoms with Crippen molar-refractivity contribution in [2.24, 2.45) is 11.3 Å². The molecule has 1 saturated carbocycles. The van der Waals surface area contributed by atoms with E-state index in [2.05, 4.69) is 15.6 Å². The molecule has 0 aromatic carbocycles. The highest BCUT2D eigenvalue weighted by atomic mass is 32.1. The van der Waals surface area contributed by atoms with Gasteiger partial charge in [-0.1, -0.05) is 0 Å². The fourth-order valence-electron chi connectivity index (χ4n) is 2.67. The summed E-state index contributed by atoms with van der Waals surface area (Å²) < 4.78 is 0. The zero-order valence-electron chi connectivity index (χ0n) is 9.03. The van der Waals surface area contributed by atoms with Gasteiger partial charge in [-0.3, -0.25) is 4.79 Å². The number of nitrogens with zero attached hydrogens (tertiary/aromatic N) is 1. The highest BCUT2D eigenvalue weighted by Gasteiger charge is 2.57. The lowest BCUT2D eigenvalue weighted by Gasteiger charge is -2.22. The van der Waals surface area contributed by atoms with Crippen LogP contribution >= 0.6 is 11.3 Å². The standard InChI is InChI=1S/C11H15N3OS/c15-9(14-10-13-5-6-16-10)8-7-11(8)1-3-12-4-2-11/h5-6,8,12H,1-4,7H2,(H,13,14,15). The zero-order chi connectivity index (χ0) is 11.0. The Balaban J connectivity index is 1.61. The van der Waals surface area contributed by atoms with Gasteiger partial charge in [0.2, 0.25) is 5.91 Å². The molecule has 1 aromatic heterocycles. The Labute approximate surface area is 98.5 Å². The summed E-state index contributed by atoms with van der Waals surface area (Å²) in [4.78, 5) is 16.1. The van der Waals surface area contributed by atoms with Gasteiger partial charge < -0.3 is 10.6 Å². The van der Waals surface area contributed by atoms with E-state index in [4.69, 9.17) is 0 Å². The summed E-state index contributed by atoms with van der Waals surface area (Å²) in [5, 5.41) is 8.85. The molecule has 1 amide bonds. The van der Waals surface area contributed by atoms with Crippen molar-refractivity contribution in [3.8, 4) is 0 Å². The van der Waals surface area contributed by atoms with E-state index in [1.165, 1.54) is 11.3 Å². The Kier molecular flexibility index (Phi) is 2.44. The van der Waals surface area contributed by atoms with Crippen LogP contribution in [-0.2, 0) is 4.79 Å². The molecule has 3 rings (SSSR count). The molecule has 1 aromatic rings. The van der Waals surface area contributed by atoms with E-state index in [9.17, 15) is 4.79 Å². The first-order valence-corrected chi connectivity index (χ1v) is 6.59. The first-order chi connectivity index (χ1) is 7.80. The molecule has 1 aliphatic carbocycles. The first-order valence-electron chi connectivity index (χ1n) is 5.71. The topological polar surface area (TPSA) is 54.0 Å². The molecule has 1 atom stereocenters. The highest BCUT2D eigenvalue weighted by Crippen LogP contribution is 2.58. The maximum Gasteiger partial charge on any atom is 0.229 e. The number of carbonyl (C=O) groups excluding carboxylic acids is 1. The van der Waals surface area contributed by atoms with Crippen molar-refractivity contribution in [3.05, 3.63) is 11.6 Å². The minimum atomic E-state index is 0.164. The molecule has 2 N–H and O–H groups in total. The predicted octanol–water partition coefficient (Wildman–Crippen LogP) is 1.47. The van der Waals surface area contributed by atoms with E-state index < -0.39 is 0 Å². The molecule has 0 bridgehead atoms. The van der Waals surface area contributed by atoms with Crippen molar-refractivity contribution < 1.29 is 4.79 Å². The van der Waals surface area contributed by atoms with Crippen molar-refractivity contribution in [2.45, 2.75) is 19.3 Å². The smallest absolute Gasteiger partial charge is 0.229 e. The summed E-state index contributed by atoms with van der Waals surface area (Å²) >= 11 is 1.48. The molecule has 0 radical (unpaired) electrons. The van der Waals surface area contributed by atoms with Gasteiger partial charge in [0.25, 0.3) is 0 Å². The number of carbonyl (C=O) groups is 1. The molecule has 1 aliphatic heterocycles. The van der Waals surface area contributed by atoms with Crippen LogP contribution in [0.15, 0.2) is 11.6 Å². The Bertz CT molecular complexity index is 384. The lowest BCUT2D eigenvalue weighted by atomic mass is 9.92. The van der Waals surface area contributed by atoms with Gasteiger partial charge in [0.1, 0.15) is 0 Å². The van der Waals surface area contributed by atoms with E-state index in [0.29, 0.717) is 5.41 Å². The molecule has 4 nitrogen and oxygen atoms in total. The molecule has 1 saturated heterocycles. The molecule has 5 heteroatoms. The van der Waals surface area contributed by atoms with E-state index >= 15 is 0 Å². The van der Waals surface area contributed by atoms with Crippen molar-refractivity contribution >= 4 is 22.4 Å². The van der Waals surface area contributed by atoms with Crippen LogP contribution in [0, 0.1) is 11.3 Å². The zero-order valence-corrected chi connectivity index (χ0v) is 9.85. The number of rotatable bonds is 2. The van der Waals surface area contributed by atoms with E-state index in [1.54, 1.807) is 6.20 Å². The van der Waals surface area contributed by atoms with Crippen molar-refractivity contribution in [2.75, 3.05) is 18.4 Å². The van der Waals surface area contributed by atoms with Gasteiger partial charge in [-0.15, -0.1) is 11.3 Å². The van der Waals surface area contributed by atoms with Gasteiger partial charge in [-0.25, -0.2) is 4.98 Å². The minimum Gasteiger partial charge on any atom is -0.317 e. The fourth-order valence-corrected chi connectivity index (χ4v) is 3.21. The quantitative estimate of drug-likeness (QED) is 0.819. The van der Waals surface area contributed by atoms with Crippen LogP contribution in [0.4, 0.5) is 5.13 Å². The number of anilines is 1. The number of hydrogen-bond acceptors (Lipinski definition) is 4. The van der Waals surface area contributed by atoms with Gasteiger partial charge in [0, 0.05) is 17.5 Å². The molecule has 1 unspecified atom stereocenters. The van der Waals surface area contributed by atoms with Crippen molar-refractivity contribution in [1.82, 2.24) is 10.3 Å². The lowest BCUT2D eigenvalue weighted by molar-refractivity contribution is -0.118. The monoisotopic (exact) mass is 237 g/mol. The summed E-state index contributed by atoms with van der Waals surface area (Å²) in [7, 11) is 0. The number of hydrogen-bond donors (Lipinski definition) is 2.